The Hall–Kier alpha value is -2.43. The summed E-state index contributed by atoms with van der Waals surface area (Å²) in [5.74, 6) is -1.10. The normalized spacial score (nSPS) is 13.8. The minimum Gasteiger partial charge on any atom is -0.478 e. The average molecular weight is 270 g/mol. The number of nitrogens with one attached hydrogen (secondary N) is 1. The van der Waals surface area contributed by atoms with Crippen LogP contribution in [0.15, 0.2) is 29.2 Å². The van der Waals surface area contributed by atoms with Crippen LogP contribution in [0.2, 0.25) is 0 Å². The maximum absolute atomic E-state index is 11.4. The van der Waals surface area contributed by atoms with Gasteiger partial charge >= 0.3 is 11.7 Å². The van der Waals surface area contributed by atoms with Gasteiger partial charge in [0.1, 0.15) is 5.56 Å². The lowest BCUT2D eigenvalue weighted by Crippen LogP contribution is -2.15. The van der Waals surface area contributed by atoms with Gasteiger partial charge in [0.25, 0.3) is 0 Å². The minimum absolute atomic E-state index is 0.0142. The number of aryl methyl sites for hydroxylation is 2. The number of aromatic carboxylic acids is 1. The van der Waals surface area contributed by atoms with Crippen molar-refractivity contribution in [3.05, 3.63) is 51.6 Å². The topological polar surface area (TPSA) is 83.0 Å². The van der Waals surface area contributed by atoms with Crippen LogP contribution < -0.4 is 5.69 Å². The predicted octanol–water partition coefficient (Wildman–Crippen LogP) is 2.01. The lowest BCUT2D eigenvalue weighted by atomic mass is 9.89. The van der Waals surface area contributed by atoms with Crippen molar-refractivity contribution >= 4 is 5.97 Å². The van der Waals surface area contributed by atoms with Gasteiger partial charge in [0, 0.05) is 6.20 Å². The smallest absolute Gasteiger partial charge is 0.345 e. The lowest BCUT2D eigenvalue weighted by Gasteiger charge is -2.17. The van der Waals surface area contributed by atoms with Crippen LogP contribution in [0.1, 0.15) is 34.3 Å². The molecule has 0 spiro atoms. The van der Waals surface area contributed by atoms with Gasteiger partial charge in [-0.2, -0.15) is 0 Å². The highest BCUT2D eigenvalue weighted by atomic mass is 16.4. The second kappa shape index (κ2) is 4.92. The van der Waals surface area contributed by atoms with Crippen LogP contribution in [-0.2, 0) is 12.8 Å². The van der Waals surface area contributed by atoms with E-state index in [1.165, 1.54) is 17.5 Å². The van der Waals surface area contributed by atoms with Gasteiger partial charge in [-0.05, 0) is 48.4 Å². The zero-order chi connectivity index (χ0) is 14.1. The number of aromatic amines is 1. The van der Waals surface area contributed by atoms with Gasteiger partial charge in [-0.15, -0.1) is 0 Å². The van der Waals surface area contributed by atoms with Crippen molar-refractivity contribution in [3.8, 4) is 11.3 Å². The van der Waals surface area contributed by atoms with E-state index in [4.69, 9.17) is 0 Å². The average Bonchev–Trinajstić information content (AvgIpc) is 2.46. The molecule has 2 N–H and O–H groups in total. The number of benzene rings is 1. The molecule has 5 nitrogen and oxygen atoms in total. The summed E-state index contributed by atoms with van der Waals surface area (Å²) in [5.41, 5.74) is 3.08. The van der Waals surface area contributed by atoms with Crippen molar-refractivity contribution in [3.63, 3.8) is 0 Å². The Morgan fingerprint density at radius 3 is 2.70 bits per heavy atom. The van der Waals surface area contributed by atoms with Crippen molar-refractivity contribution < 1.29 is 9.90 Å². The molecule has 0 unspecified atom stereocenters. The fraction of sp³-hybridized carbons (Fsp3) is 0.267. The Morgan fingerprint density at radius 2 is 1.95 bits per heavy atom. The summed E-state index contributed by atoms with van der Waals surface area (Å²) >= 11 is 0. The molecule has 1 aliphatic carbocycles. The Balaban J connectivity index is 2.15. The molecule has 0 fully saturated rings. The van der Waals surface area contributed by atoms with Crippen LogP contribution in [-0.4, -0.2) is 21.0 Å². The summed E-state index contributed by atoms with van der Waals surface area (Å²) in [6.07, 6.45) is 5.51. The molecule has 0 atom stereocenters. The van der Waals surface area contributed by atoms with Gasteiger partial charge in [-0.1, -0.05) is 12.1 Å². The number of rotatable bonds is 2. The summed E-state index contributed by atoms with van der Waals surface area (Å²) in [7, 11) is 0. The highest BCUT2D eigenvalue weighted by molar-refractivity contribution is 5.94. The number of aromatic nitrogens is 2. The second-order valence-electron chi connectivity index (χ2n) is 4.97. The maximum atomic E-state index is 11.4. The van der Waals surface area contributed by atoms with Crippen molar-refractivity contribution in [2.45, 2.75) is 25.7 Å². The van der Waals surface area contributed by atoms with Crippen molar-refractivity contribution in [1.82, 2.24) is 9.97 Å². The van der Waals surface area contributed by atoms with Gasteiger partial charge in [0.15, 0.2) is 0 Å². The van der Waals surface area contributed by atoms with Crippen LogP contribution in [0, 0.1) is 0 Å². The third-order valence-electron chi connectivity index (χ3n) is 3.68. The van der Waals surface area contributed by atoms with Gasteiger partial charge < -0.3 is 10.1 Å². The zero-order valence-electron chi connectivity index (χ0n) is 10.8. The molecule has 1 aliphatic rings. The zero-order valence-corrected chi connectivity index (χ0v) is 10.8. The van der Waals surface area contributed by atoms with Crippen molar-refractivity contribution in [2.75, 3.05) is 0 Å². The summed E-state index contributed by atoms with van der Waals surface area (Å²) < 4.78 is 0. The first-order valence-corrected chi connectivity index (χ1v) is 6.60. The lowest BCUT2D eigenvalue weighted by molar-refractivity contribution is 0.0697. The highest BCUT2D eigenvalue weighted by Crippen LogP contribution is 2.27. The molecule has 0 saturated carbocycles. The van der Waals surface area contributed by atoms with E-state index in [2.05, 4.69) is 9.97 Å². The Labute approximate surface area is 115 Å². The first kappa shape index (κ1) is 12.6. The fourth-order valence-corrected chi connectivity index (χ4v) is 2.67. The van der Waals surface area contributed by atoms with Gasteiger partial charge in [-0.25, -0.2) is 14.6 Å². The summed E-state index contributed by atoms with van der Waals surface area (Å²) in [6.45, 7) is 0. The first-order valence-electron chi connectivity index (χ1n) is 6.60. The quantitative estimate of drug-likeness (QED) is 0.874. The third-order valence-corrected chi connectivity index (χ3v) is 3.68. The summed E-state index contributed by atoms with van der Waals surface area (Å²) in [4.78, 5) is 28.6. The molecule has 0 amide bonds. The van der Waals surface area contributed by atoms with Gasteiger partial charge in [0.2, 0.25) is 0 Å². The number of hydrogen-bond acceptors (Lipinski definition) is 3. The molecule has 2 aromatic rings. The number of carboxylic acids is 1. The number of carbonyl (C=O) groups is 1. The van der Waals surface area contributed by atoms with Crippen LogP contribution in [0.4, 0.5) is 0 Å². The predicted molar refractivity (Wildman–Crippen MR) is 73.9 cm³/mol. The van der Waals surface area contributed by atoms with E-state index in [0.717, 1.165) is 31.0 Å². The van der Waals surface area contributed by atoms with E-state index in [9.17, 15) is 14.7 Å². The van der Waals surface area contributed by atoms with Gasteiger partial charge in [0.05, 0.1) is 5.69 Å². The van der Waals surface area contributed by atoms with Crippen molar-refractivity contribution in [2.24, 2.45) is 0 Å². The first-order chi connectivity index (χ1) is 9.65. The summed E-state index contributed by atoms with van der Waals surface area (Å²) in [5, 5.41) is 9.19. The largest absolute Gasteiger partial charge is 0.478 e. The monoisotopic (exact) mass is 270 g/mol. The summed E-state index contributed by atoms with van der Waals surface area (Å²) in [6, 6.07) is 5.86. The Morgan fingerprint density at radius 1 is 1.20 bits per heavy atom. The molecule has 20 heavy (non-hydrogen) atoms. The van der Waals surface area contributed by atoms with Crippen molar-refractivity contribution in [1.29, 1.82) is 0 Å². The van der Waals surface area contributed by atoms with E-state index in [1.807, 2.05) is 18.2 Å². The number of nitrogens with zero attached hydrogens (tertiary/aromatic N) is 1. The van der Waals surface area contributed by atoms with Crippen LogP contribution >= 0.6 is 0 Å². The number of fused-ring (bicyclic) bond motifs is 1. The Kier molecular flexibility index (Phi) is 3.10. The molecule has 1 aromatic carbocycles. The molecule has 0 radical (unpaired) electrons. The second-order valence-corrected chi connectivity index (χ2v) is 4.97. The molecular weight excluding hydrogens is 256 g/mol. The van der Waals surface area contributed by atoms with E-state index in [1.54, 1.807) is 0 Å². The van der Waals surface area contributed by atoms with E-state index >= 15 is 0 Å². The highest BCUT2D eigenvalue weighted by Gasteiger charge is 2.16. The molecule has 0 saturated heterocycles. The van der Waals surface area contributed by atoms with E-state index < -0.39 is 11.7 Å². The van der Waals surface area contributed by atoms with Crippen LogP contribution in [0.5, 0.6) is 0 Å². The molecule has 1 aromatic heterocycles. The SMILES string of the molecule is O=C(O)c1cnc(=O)[nH]c1-c1ccc2c(c1)CCCC2. The number of H-pyrrole nitrogens is 1. The van der Waals surface area contributed by atoms with Crippen LogP contribution in [0.25, 0.3) is 11.3 Å². The molecule has 5 heteroatoms. The number of carboxylic acid groups (broad SMARTS) is 1. The van der Waals surface area contributed by atoms with E-state index in [0.29, 0.717) is 5.69 Å². The Bertz CT molecular complexity index is 734. The maximum Gasteiger partial charge on any atom is 0.345 e. The molecule has 0 bridgehead atoms. The standard InChI is InChI=1S/C15H14N2O3/c18-14(19)12-8-16-15(20)17-13(12)11-6-5-9-3-1-2-4-10(9)7-11/h5-8H,1-4H2,(H,18,19)(H,16,17,20). The van der Waals surface area contributed by atoms with Crippen LogP contribution in [0.3, 0.4) is 0 Å². The van der Waals surface area contributed by atoms with Gasteiger partial charge in [-0.3, -0.25) is 0 Å². The molecule has 3 rings (SSSR count). The molecule has 0 aliphatic heterocycles. The fourth-order valence-electron chi connectivity index (χ4n) is 2.67. The number of hydrogen-bond donors (Lipinski definition) is 2. The minimum atomic E-state index is -1.10. The van der Waals surface area contributed by atoms with E-state index in [-0.39, 0.29) is 5.56 Å². The molecular formula is C15H14N2O3. The third kappa shape index (κ3) is 2.22. The molecule has 1 heterocycles. The molecule has 102 valence electrons.